The first-order valence-electron chi connectivity index (χ1n) is 6.91. The minimum atomic E-state index is -2.52. The van der Waals surface area contributed by atoms with Gasteiger partial charge in [-0.1, -0.05) is 0 Å². The number of hydrogen-bond acceptors (Lipinski definition) is 2. The molecule has 0 spiro atoms. The zero-order valence-electron chi connectivity index (χ0n) is 11.5. The number of likely N-dealkylation sites (tertiary alicyclic amines) is 1. The zero-order valence-corrected chi connectivity index (χ0v) is 11.5. The Morgan fingerprint density at radius 3 is 2.86 bits per heavy atom. The van der Waals surface area contributed by atoms with Crippen LogP contribution < -0.4 is 0 Å². The standard InChI is InChI=1S/C14H18F2N2O3/c15-12(16)9-17-5-2-4-11(17)14(21)18-6-1-3-10(8-18)7-13(19)20/h2,4-5,10,12H,1,3,6-9H2,(H,19,20). The van der Waals surface area contributed by atoms with Gasteiger partial charge < -0.3 is 14.6 Å². The van der Waals surface area contributed by atoms with Crippen LogP contribution in [0.3, 0.4) is 0 Å². The van der Waals surface area contributed by atoms with E-state index in [9.17, 15) is 18.4 Å². The average molecular weight is 300 g/mol. The van der Waals surface area contributed by atoms with Crippen molar-refractivity contribution in [3.8, 4) is 0 Å². The van der Waals surface area contributed by atoms with Crippen LogP contribution in [-0.4, -0.2) is 46.0 Å². The summed E-state index contributed by atoms with van der Waals surface area (Å²) in [6, 6.07) is 3.08. The van der Waals surface area contributed by atoms with Gasteiger partial charge in [0.2, 0.25) is 0 Å². The van der Waals surface area contributed by atoms with Crippen LogP contribution in [-0.2, 0) is 11.3 Å². The lowest BCUT2D eigenvalue weighted by Gasteiger charge is -2.32. The molecule has 1 aliphatic heterocycles. The topological polar surface area (TPSA) is 62.5 Å². The number of carbonyl (C=O) groups is 2. The second-order valence-electron chi connectivity index (χ2n) is 5.29. The number of aromatic nitrogens is 1. The minimum absolute atomic E-state index is 0.0296. The molecule has 2 rings (SSSR count). The van der Waals surface area contributed by atoms with Crippen LogP contribution in [0.5, 0.6) is 0 Å². The number of rotatable bonds is 5. The third kappa shape index (κ3) is 4.03. The Kier molecular flexibility index (Phi) is 4.93. The lowest BCUT2D eigenvalue weighted by atomic mass is 9.94. The van der Waals surface area contributed by atoms with Crippen molar-refractivity contribution in [1.82, 2.24) is 9.47 Å². The molecule has 1 aromatic rings. The fraction of sp³-hybridized carbons (Fsp3) is 0.571. The molecule has 2 heterocycles. The van der Waals surface area contributed by atoms with Crippen molar-refractivity contribution in [2.75, 3.05) is 13.1 Å². The van der Waals surface area contributed by atoms with Gasteiger partial charge in [0.1, 0.15) is 5.69 Å². The van der Waals surface area contributed by atoms with Crippen molar-refractivity contribution < 1.29 is 23.5 Å². The lowest BCUT2D eigenvalue weighted by Crippen LogP contribution is -2.41. The predicted molar refractivity (Wildman–Crippen MR) is 71.3 cm³/mol. The number of carboxylic acid groups (broad SMARTS) is 1. The Bertz CT molecular complexity index is 516. The van der Waals surface area contributed by atoms with Crippen LogP contribution in [0.2, 0.25) is 0 Å². The molecule has 5 nitrogen and oxygen atoms in total. The summed E-state index contributed by atoms with van der Waals surface area (Å²) in [6.07, 6.45) is 0.470. The molecule has 116 valence electrons. The van der Waals surface area contributed by atoms with Crippen LogP contribution in [0.15, 0.2) is 18.3 Å². The molecule has 0 radical (unpaired) electrons. The molecule has 1 amide bonds. The lowest BCUT2D eigenvalue weighted by molar-refractivity contribution is -0.138. The number of alkyl halides is 2. The second-order valence-corrected chi connectivity index (χ2v) is 5.29. The fourth-order valence-corrected chi connectivity index (χ4v) is 2.74. The maximum Gasteiger partial charge on any atom is 0.303 e. The second kappa shape index (κ2) is 6.69. The Hall–Kier alpha value is -1.92. The van der Waals surface area contributed by atoms with E-state index in [1.54, 1.807) is 11.0 Å². The summed E-state index contributed by atoms with van der Waals surface area (Å²) in [5, 5.41) is 8.83. The Labute approximate surface area is 121 Å². The molecule has 0 bridgehead atoms. The van der Waals surface area contributed by atoms with Gasteiger partial charge in [0.05, 0.1) is 6.54 Å². The maximum absolute atomic E-state index is 12.5. The molecule has 0 aromatic carbocycles. The van der Waals surface area contributed by atoms with E-state index in [0.717, 1.165) is 12.8 Å². The molecule has 0 aliphatic carbocycles. The molecule has 1 aliphatic rings. The first kappa shape index (κ1) is 15.5. The van der Waals surface area contributed by atoms with Gasteiger partial charge in [-0.2, -0.15) is 0 Å². The number of halogens is 2. The largest absolute Gasteiger partial charge is 0.481 e. The summed E-state index contributed by atoms with van der Waals surface area (Å²) in [6.45, 7) is 0.389. The molecule has 21 heavy (non-hydrogen) atoms. The van der Waals surface area contributed by atoms with E-state index in [-0.39, 0.29) is 23.9 Å². The number of carboxylic acids is 1. The van der Waals surface area contributed by atoms with E-state index in [4.69, 9.17) is 5.11 Å². The van der Waals surface area contributed by atoms with Crippen molar-refractivity contribution in [2.45, 2.75) is 32.2 Å². The quantitative estimate of drug-likeness (QED) is 0.905. The van der Waals surface area contributed by atoms with Crippen LogP contribution >= 0.6 is 0 Å². The summed E-state index contributed by atoms with van der Waals surface area (Å²) in [7, 11) is 0. The third-order valence-electron chi connectivity index (χ3n) is 3.65. The van der Waals surface area contributed by atoms with Gasteiger partial charge >= 0.3 is 5.97 Å². The van der Waals surface area contributed by atoms with Gasteiger partial charge in [-0.25, -0.2) is 8.78 Å². The van der Waals surface area contributed by atoms with Crippen LogP contribution in [0.4, 0.5) is 8.78 Å². The molecule has 1 N–H and O–H groups in total. The highest BCUT2D eigenvalue weighted by atomic mass is 19.3. The number of amides is 1. The third-order valence-corrected chi connectivity index (χ3v) is 3.65. The molecule has 1 aromatic heterocycles. The van der Waals surface area contributed by atoms with Crippen LogP contribution in [0, 0.1) is 5.92 Å². The highest BCUT2D eigenvalue weighted by Gasteiger charge is 2.27. The van der Waals surface area contributed by atoms with Crippen molar-refractivity contribution in [2.24, 2.45) is 5.92 Å². The Morgan fingerprint density at radius 2 is 2.19 bits per heavy atom. The minimum Gasteiger partial charge on any atom is -0.481 e. The van der Waals surface area contributed by atoms with Gasteiger partial charge in [0.15, 0.2) is 0 Å². The Balaban J connectivity index is 2.05. The summed E-state index contributed by atoms with van der Waals surface area (Å²) in [5.74, 6) is -1.26. The van der Waals surface area contributed by atoms with Gasteiger partial charge in [-0.3, -0.25) is 9.59 Å². The molecule has 1 unspecified atom stereocenters. The zero-order chi connectivity index (χ0) is 15.4. The molecule has 1 fully saturated rings. The average Bonchev–Trinajstić information content (AvgIpc) is 2.84. The predicted octanol–water partition coefficient (Wildman–Crippen LogP) is 2.08. The summed E-state index contributed by atoms with van der Waals surface area (Å²) in [5.41, 5.74) is 0.228. The van der Waals surface area contributed by atoms with E-state index < -0.39 is 18.9 Å². The maximum atomic E-state index is 12.5. The van der Waals surface area contributed by atoms with E-state index in [1.807, 2.05) is 0 Å². The molecular weight excluding hydrogens is 282 g/mol. The van der Waals surface area contributed by atoms with Gasteiger partial charge in [-0.05, 0) is 30.9 Å². The van der Waals surface area contributed by atoms with Gasteiger partial charge in [-0.15, -0.1) is 0 Å². The summed E-state index contributed by atoms with van der Waals surface area (Å²) < 4.78 is 26.2. The van der Waals surface area contributed by atoms with E-state index in [0.29, 0.717) is 13.1 Å². The van der Waals surface area contributed by atoms with Crippen molar-refractivity contribution >= 4 is 11.9 Å². The van der Waals surface area contributed by atoms with Crippen molar-refractivity contribution in [3.05, 3.63) is 24.0 Å². The van der Waals surface area contributed by atoms with Gasteiger partial charge in [0, 0.05) is 25.7 Å². The number of aliphatic carboxylic acids is 1. The number of nitrogens with zero attached hydrogens (tertiary/aromatic N) is 2. The first-order valence-corrected chi connectivity index (χ1v) is 6.91. The van der Waals surface area contributed by atoms with Crippen molar-refractivity contribution in [1.29, 1.82) is 0 Å². The van der Waals surface area contributed by atoms with Crippen LogP contribution in [0.1, 0.15) is 29.8 Å². The summed E-state index contributed by atoms with van der Waals surface area (Å²) >= 11 is 0. The number of piperidine rings is 1. The highest BCUT2D eigenvalue weighted by Crippen LogP contribution is 2.21. The van der Waals surface area contributed by atoms with E-state index in [2.05, 4.69) is 0 Å². The molecule has 1 atom stereocenters. The van der Waals surface area contributed by atoms with E-state index in [1.165, 1.54) is 16.8 Å². The Morgan fingerprint density at radius 1 is 1.43 bits per heavy atom. The molecule has 7 heteroatoms. The van der Waals surface area contributed by atoms with Gasteiger partial charge in [0.25, 0.3) is 12.3 Å². The number of hydrogen-bond donors (Lipinski definition) is 1. The first-order chi connectivity index (χ1) is 9.97. The normalized spacial score (nSPS) is 19.0. The molecular formula is C14H18F2N2O3. The number of carbonyl (C=O) groups excluding carboxylic acids is 1. The smallest absolute Gasteiger partial charge is 0.303 e. The molecule has 0 saturated carbocycles. The fourth-order valence-electron chi connectivity index (χ4n) is 2.74. The monoisotopic (exact) mass is 300 g/mol. The summed E-state index contributed by atoms with van der Waals surface area (Å²) in [4.78, 5) is 24.7. The SMILES string of the molecule is O=C(O)CC1CCCN(C(=O)c2cccn2CC(F)F)C1. The van der Waals surface area contributed by atoms with Crippen molar-refractivity contribution in [3.63, 3.8) is 0 Å². The van der Waals surface area contributed by atoms with Crippen LogP contribution in [0.25, 0.3) is 0 Å². The highest BCUT2D eigenvalue weighted by molar-refractivity contribution is 5.92. The van der Waals surface area contributed by atoms with E-state index >= 15 is 0 Å². The molecule has 1 saturated heterocycles.